The second-order valence-corrected chi connectivity index (χ2v) is 10.2. The van der Waals surface area contributed by atoms with Crippen molar-refractivity contribution in [2.75, 3.05) is 13.2 Å². The zero-order valence-corrected chi connectivity index (χ0v) is 19.9. The number of nitrogens with one attached hydrogen (secondary N) is 1. The molecule has 0 bridgehead atoms. The van der Waals surface area contributed by atoms with Crippen molar-refractivity contribution in [2.24, 2.45) is 28.0 Å². The van der Waals surface area contributed by atoms with Crippen LogP contribution in [-0.2, 0) is 9.59 Å². The number of carbonyl (C=O) groups excluding carboxylic acids is 2. The van der Waals surface area contributed by atoms with E-state index >= 15 is 0 Å². The minimum atomic E-state index is -0.664. The Morgan fingerprint density at radius 2 is 2.00 bits per heavy atom. The van der Waals surface area contributed by atoms with Crippen molar-refractivity contribution in [2.45, 2.75) is 76.0 Å². The Kier molecular flexibility index (Phi) is 6.33. The Balaban J connectivity index is 1.38. The van der Waals surface area contributed by atoms with E-state index in [2.05, 4.69) is 21.5 Å². The summed E-state index contributed by atoms with van der Waals surface area (Å²) < 4.78 is 5.71. The van der Waals surface area contributed by atoms with E-state index in [-0.39, 0.29) is 17.9 Å². The fourth-order valence-electron chi connectivity index (χ4n) is 5.39. The number of rotatable bonds is 13. The summed E-state index contributed by atoms with van der Waals surface area (Å²) in [4.78, 5) is 29.1. The van der Waals surface area contributed by atoms with Crippen molar-refractivity contribution >= 4 is 11.8 Å². The number of ether oxygens (including phenoxy) is 1. The van der Waals surface area contributed by atoms with Crippen LogP contribution in [0.1, 0.15) is 69.9 Å². The second-order valence-electron chi connectivity index (χ2n) is 10.2. The van der Waals surface area contributed by atoms with Crippen LogP contribution < -0.4 is 10.1 Å². The van der Waals surface area contributed by atoms with Gasteiger partial charge in [-0.05, 0) is 68.1 Å². The lowest BCUT2D eigenvalue weighted by molar-refractivity contribution is -0.141. The van der Waals surface area contributed by atoms with Crippen molar-refractivity contribution in [3.05, 3.63) is 29.8 Å². The van der Waals surface area contributed by atoms with E-state index in [1.807, 2.05) is 36.1 Å². The molecule has 0 spiro atoms. The third-order valence-electron chi connectivity index (χ3n) is 7.83. The van der Waals surface area contributed by atoms with Gasteiger partial charge in [-0.15, -0.1) is 12.3 Å². The van der Waals surface area contributed by atoms with Gasteiger partial charge in [0.15, 0.2) is 5.66 Å². The maximum Gasteiger partial charge on any atom is 0.247 e. The van der Waals surface area contributed by atoms with E-state index in [0.29, 0.717) is 62.3 Å². The molecule has 1 heterocycles. The van der Waals surface area contributed by atoms with Gasteiger partial charge in [0.2, 0.25) is 11.8 Å². The first-order valence-corrected chi connectivity index (χ1v) is 12.7. The first-order valence-electron chi connectivity index (χ1n) is 12.7. The Morgan fingerprint density at radius 1 is 1.24 bits per heavy atom. The molecule has 0 saturated heterocycles. The first kappa shape index (κ1) is 22.9. The van der Waals surface area contributed by atoms with Gasteiger partial charge in [-0.25, -0.2) is 0 Å². The molecule has 3 unspecified atom stereocenters. The summed E-state index contributed by atoms with van der Waals surface area (Å²) in [5.74, 6) is 5.18. The maximum atomic E-state index is 13.7. The number of amides is 2. The molecule has 7 heteroatoms. The normalized spacial score (nSPS) is 25.8. The van der Waals surface area contributed by atoms with Crippen LogP contribution in [0.3, 0.4) is 0 Å². The van der Waals surface area contributed by atoms with E-state index in [0.717, 1.165) is 18.4 Å². The molecule has 2 amide bonds. The van der Waals surface area contributed by atoms with Crippen LogP contribution in [0, 0.1) is 30.1 Å². The third kappa shape index (κ3) is 4.96. The van der Waals surface area contributed by atoms with Crippen LogP contribution in [0.15, 0.2) is 34.5 Å². The molecule has 4 aliphatic rings. The molecule has 1 aromatic rings. The molecule has 3 atom stereocenters. The van der Waals surface area contributed by atoms with Crippen molar-refractivity contribution in [3.8, 4) is 18.1 Å². The van der Waals surface area contributed by atoms with Crippen molar-refractivity contribution in [1.29, 1.82) is 0 Å². The van der Waals surface area contributed by atoms with Gasteiger partial charge in [-0.2, -0.15) is 10.2 Å². The number of fused-ring (bicyclic) bond motifs is 1. The van der Waals surface area contributed by atoms with Crippen molar-refractivity contribution in [1.82, 2.24) is 10.2 Å². The smallest absolute Gasteiger partial charge is 0.247 e. The summed E-state index contributed by atoms with van der Waals surface area (Å²) >= 11 is 0. The SMILES string of the molecule is C#CCCC1(CCC(=O)N(CC2C3CCC32)C(C(=O)NC2CC2)c2cccc(OCC)c2)N=N1. The highest BCUT2D eigenvalue weighted by Crippen LogP contribution is 2.61. The summed E-state index contributed by atoms with van der Waals surface area (Å²) in [6.07, 6.45) is 12.0. The molecule has 3 saturated carbocycles. The molecule has 5 rings (SSSR count). The van der Waals surface area contributed by atoms with Crippen LogP contribution in [0.5, 0.6) is 5.75 Å². The highest BCUT2D eigenvalue weighted by molar-refractivity contribution is 5.89. The first-order chi connectivity index (χ1) is 16.5. The molecule has 180 valence electrons. The van der Waals surface area contributed by atoms with Gasteiger partial charge in [0.25, 0.3) is 0 Å². The van der Waals surface area contributed by atoms with Crippen LogP contribution in [-0.4, -0.2) is 41.6 Å². The molecule has 1 aliphatic heterocycles. The minimum Gasteiger partial charge on any atom is -0.494 e. The Labute approximate surface area is 201 Å². The number of carbonyl (C=O) groups is 2. The predicted octanol–water partition coefficient (Wildman–Crippen LogP) is 4.25. The lowest BCUT2D eigenvalue weighted by Gasteiger charge is -2.32. The highest BCUT2D eigenvalue weighted by Gasteiger charge is 2.57. The standard InChI is InChI=1S/C27H34N4O3/c1-3-5-14-27(29-30-27)15-13-24(32)31(17-23-21-11-12-22(21)23)25(26(33)28-19-9-10-19)18-7-6-8-20(16-18)34-4-2/h1,6-8,16,19,21-23,25H,4-5,9-15,17H2,2H3,(H,28,33). The van der Waals surface area contributed by atoms with Crippen molar-refractivity contribution in [3.63, 3.8) is 0 Å². The Bertz CT molecular complexity index is 995. The van der Waals surface area contributed by atoms with Crippen LogP contribution >= 0.6 is 0 Å². The molecule has 0 radical (unpaired) electrons. The third-order valence-corrected chi connectivity index (χ3v) is 7.83. The summed E-state index contributed by atoms with van der Waals surface area (Å²) in [7, 11) is 0. The van der Waals surface area contributed by atoms with Gasteiger partial charge in [-0.1, -0.05) is 12.1 Å². The molecule has 34 heavy (non-hydrogen) atoms. The molecule has 1 aromatic carbocycles. The monoisotopic (exact) mass is 462 g/mol. The molecule has 3 aliphatic carbocycles. The molecular weight excluding hydrogens is 428 g/mol. The van der Waals surface area contributed by atoms with E-state index < -0.39 is 11.7 Å². The minimum absolute atomic E-state index is 0.0126. The molecule has 3 fully saturated rings. The molecule has 0 aromatic heterocycles. The number of benzene rings is 1. The molecule has 7 nitrogen and oxygen atoms in total. The Hall–Kier alpha value is -2.88. The van der Waals surface area contributed by atoms with Gasteiger partial charge in [0, 0.05) is 38.3 Å². The summed E-state index contributed by atoms with van der Waals surface area (Å²) in [5, 5.41) is 11.5. The largest absolute Gasteiger partial charge is 0.494 e. The number of hydrogen-bond acceptors (Lipinski definition) is 5. The number of nitrogens with zero attached hydrogens (tertiary/aromatic N) is 3. The lowest BCUT2D eigenvalue weighted by atomic mass is 9.99. The average molecular weight is 463 g/mol. The summed E-state index contributed by atoms with van der Waals surface area (Å²) in [5.41, 5.74) is 0.292. The van der Waals surface area contributed by atoms with Gasteiger partial charge < -0.3 is 15.0 Å². The maximum absolute atomic E-state index is 13.7. The van der Waals surface area contributed by atoms with Crippen LogP contribution in [0.25, 0.3) is 0 Å². The zero-order chi connectivity index (χ0) is 23.7. The van der Waals surface area contributed by atoms with Crippen LogP contribution in [0.4, 0.5) is 0 Å². The fraction of sp³-hybridized carbons (Fsp3) is 0.630. The van der Waals surface area contributed by atoms with E-state index in [9.17, 15) is 9.59 Å². The molecular formula is C27H34N4O3. The Morgan fingerprint density at radius 3 is 2.62 bits per heavy atom. The van der Waals surface area contributed by atoms with Crippen LogP contribution in [0.2, 0.25) is 0 Å². The summed E-state index contributed by atoms with van der Waals surface area (Å²) in [6, 6.07) is 7.18. The highest BCUT2D eigenvalue weighted by atomic mass is 16.5. The average Bonchev–Trinajstić information content (AvgIpc) is 3.73. The second kappa shape index (κ2) is 9.40. The number of hydrogen-bond donors (Lipinski definition) is 1. The molecule has 1 N–H and O–H groups in total. The van der Waals surface area contributed by atoms with Crippen molar-refractivity contribution < 1.29 is 14.3 Å². The van der Waals surface area contributed by atoms with E-state index in [4.69, 9.17) is 11.2 Å². The van der Waals surface area contributed by atoms with Gasteiger partial charge in [0.1, 0.15) is 11.8 Å². The zero-order valence-electron chi connectivity index (χ0n) is 19.9. The van der Waals surface area contributed by atoms with Gasteiger partial charge in [-0.3, -0.25) is 9.59 Å². The summed E-state index contributed by atoms with van der Waals surface area (Å²) in [6.45, 7) is 3.11. The van der Waals surface area contributed by atoms with E-state index in [1.54, 1.807) is 0 Å². The quantitative estimate of drug-likeness (QED) is 0.445. The number of terminal acetylenes is 1. The fourth-order valence-corrected chi connectivity index (χ4v) is 5.39. The lowest BCUT2D eigenvalue weighted by Crippen LogP contribution is -2.45. The topological polar surface area (TPSA) is 83.4 Å². The van der Waals surface area contributed by atoms with E-state index in [1.165, 1.54) is 12.8 Å². The predicted molar refractivity (Wildman–Crippen MR) is 128 cm³/mol. The van der Waals surface area contributed by atoms with Gasteiger partial charge in [0.05, 0.1) is 6.61 Å². The van der Waals surface area contributed by atoms with Gasteiger partial charge >= 0.3 is 0 Å².